The van der Waals surface area contributed by atoms with Gasteiger partial charge in [0, 0.05) is 23.3 Å². The molecule has 0 aliphatic rings. The Labute approximate surface area is 91.0 Å². The fourth-order valence-corrected chi connectivity index (χ4v) is 1.83. The first-order valence-corrected chi connectivity index (χ1v) is 5.21. The zero-order valence-corrected chi connectivity index (χ0v) is 8.79. The number of nitro groups is 1. The van der Waals surface area contributed by atoms with Gasteiger partial charge in [-0.1, -0.05) is 0 Å². The second kappa shape index (κ2) is 4.85. The van der Waals surface area contributed by atoms with Gasteiger partial charge in [0.15, 0.2) is 0 Å². The molecule has 0 aliphatic heterocycles. The van der Waals surface area contributed by atoms with Gasteiger partial charge in [0.2, 0.25) is 0 Å². The Bertz CT molecular complexity index is 383. The van der Waals surface area contributed by atoms with Gasteiger partial charge in [0.1, 0.15) is 5.69 Å². The van der Waals surface area contributed by atoms with Crippen LogP contribution in [0.3, 0.4) is 0 Å². The van der Waals surface area contributed by atoms with E-state index in [4.69, 9.17) is 17.2 Å². The molecule has 0 atom stereocenters. The van der Waals surface area contributed by atoms with Crippen LogP contribution in [0.15, 0.2) is 17.0 Å². The van der Waals surface area contributed by atoms with E-state index >= 15 is 0 Å². The molecule has 0 heterocycles. The number of nitrogens with zero attached hydrogens (tertiary/aromatic N) is 1. The van der Waals surface area contributed by atoms with E-state index in [-0.39, 0.29) is 11.4 Å². The Morgan fingerprint density at radius 1 is 1.33 bits per heavy atom. The maximum Gasteiger partial charge on any atom is 0.294 e. The summed E-state index contributed by atoms with van der Waals surface area (Å²) < 4.78 is 0. The van der Waals surface area contributed by atoms with Crippen molar-refractivity contribution in [3.63, 3.8) is 0 Å². The van der Waals surface area contributed by atoms with Gasteiger partial charge in [-0.05, 0) is 6.07 Å². The molecule has 0 aliphatic carbocycles. The van der Waals surface area contributed by atoms with Crippen LogP contribution in [-0.2, 0) is 0 Å². The molecule has 0 fully saturated rings. The molecule has 0 bridgehead atoms. The van der Waals surface area contributed by atoms with Gasteiger partial charge in [-0.2, -0.15) is 0 Å². The highest BCUT2D eigenvalue weighted by Gasteiger charge is 2.14. The summed E-state index contributed by atoms with van der Waals surface area (Å²) in [6.45, 7) is 0.515. The number of nitrogen functional groups attached to an aromatic ring is 2. The van der Waals surface area contributed by atoms with Crippen LogP contribution in [0, 0.1) is 10.1 Å². The van der Waals surface area contributed by atoms with Crippen molar-refractivity contribution in [1.82, 2.24) is 0 Å². The van der Waals surface area contributed by atoms with E-state index in [0.717, 1.165) is 4.90 Å². The second-order valence-corrected chi connectivity index (χ2v) is 3.98. The summed E-state index contributed by atoms with van der Waals surface area (Å²) in [5.41, 5.74) is 16.8. The van der Waals surface area contributed by atoms with Crippen LogP contribution in [0.5, 0.6) is 0 Å². The topological polar surface area (TPSA) is 121 Å². The largest absolute Gasteiger partial charge is 0.398 e. The van der Waals surface area contributed by atoms with Crippen LogP contribution in [0.2, 0.25) is 0 Å². The van der Waals surface area contributed by atoms with Crippen LogP contribution in [0.25, 0.3) is 0 Å². The third-order valence-corrected chi connectivity index (χ3v) is 2.84. The number of nitrogens with two attached hydrogens (primary N) is 3. The number of nitro benzene ring substituents is 1. The molecule has 82 valence electrons. The first-order chi connectivity index (χ1) is 7.06. The monoisotopic (exact) mass is 228 g/mol. The van der Waals surface area contributed by atoms with E-state index in [9.17, 15) is 10.1 Å². The molecule has 6 N–H and O–H groups in total. The average molecular weight is 228 g/mol. The number of benzene rings is 1. The summed E-state index contributed by atoms with van der Waals surface area (Å²) in [7, 11) is 0. The van der Waals surface area contributed by atoms with Crippen LogP contribution in [0.4, 0.5) is 17.1 Å². The molecule has 0 saturated heterocycles. The molecule has 6 nitrogen and oxygen atoms in total. The minimum Gasteiger partial charge on any atom is -0.398 e. The third-order valence-electron chi connectivity index (χ3n) is 1.73. The zero-order valence-electron chi connectivity index (χ0n) is 7.97. The van der Waals surface area contributed by atoms with E-state index in [1.165, 1.54) is 23.9 Å². The van der Waals surface area contributed by atoms with Crippen molar-refractivity contribution in [3.05, 3.63) is 22.2 Å². The normalized spacial score (nSPS) is 10.2. The van der Waals surface area contributed by atoms with Crippen LogP contribution < -0.4 is 17.2 Å². The molecule has 0 saturated carbocycles. The quantitative estimate of drug-likeness (QED) is 0.303. The molecule has 0 aromatic heterocycles. The molecule has 1 rings (SSSR count). The van der Waals surface area contributed by atoms with Crippen molar-refractivity contribution in [2.24, 2.45) is 5.73 Å². The van der Waals surface area contributed by atoms with Crippen molar-refractivity contribution in [2.45, 2.75) is 4.90 Å². The van der Waals surface area contributed by atoms with Crippen LogP contribution in [-0.4, -0.2) is 17.2 Å². The average Bonchev–Trinajstić information content (AvgIpc) is 2.18. The van der Waals surface area contributed by atoms with E-state index < -0.39 is 4.92 Å². The van der Waals surface area contributed by atoms with Crippen LogP contribution >= 0.6 is 11.8 Å². The molecular weight excluding hydrogens is 216 g/mol. The van der Waals surface area contributed by atoms with E-state index in [0.29, 0.717) is 18.0 Å². The predicted molar refractivity (Wildman–Crippen MR) is 61.7 cm³/mol. The van der Waals surface area contributed by atoms with Gasteiger partial charge in [-0.25, -0.2) is 0 Å². The second-order valence-electron chi connectivity index (χ2n) is 2.84. The number of rotatable bonds is 4. The summed E-state index contributed by atoms with van der Waals surface area (Å²) in [4.78, 5) is 10.7. The van der Waals surface area contributed by atoms with Gasteiger partial charge < -0.3 is 17.2 Å². The van der Waals surface area contributed by atoms with E-state index in [1.807, 2.05) is 0 Å². The van der Waals surface area contributed by atoms with Gasteiger partial charge in [0.25, 0.3) is 5.69 Å². The molecule has 1 aromatic carbocycles. The van der Waals surface area contributed by atoms with Gasteiger partial charge in [0.05, 0.1) is 10.6 Å². The Hall–Kier alpha value is -1.47. The van der Waals surface area contributed by atoms with Gasteiger partial charge >= 0.3 is 0 Å². The maximum atomic E-state index is 10.5. The van der Waals surface area contributed by atoms with Gasteiger partial charge in [-0.3, -0.25) is 10.1 Å². The molecule has 1 aromatic rings. The summed E-state index contributed by atoms with van der Waals surface area (Å²) in [6, 6.07) is 2.78. The highest BCUT2D eigenvalue weighted by atomic mass is 32.2. The van der Waals surface area contributed by atoms with E-state index in [1.54, 1.807) is 0 Å². The van der Waals surface area contributed by atoms with Crippen molar-refractivity contribution >= 4 is 28.8 Å². The lowest BCUT2D eigenvalue weighted by molar-refractivity contribution is -0.383. The summed E-state index contributed by atoms with van der Waals surface area (Å²) in [5, 5.41) is 10.5. The molecule has 0 spiro atoms. The van der Waals surface area contributed by atoms with Gasteiger partial charge in [-0.15, -0.1) is 11.8 Å². The highest BCUT2D eigenvalue weighted by molar-refractivity contribution is 7.99. The van der Waals surface area contributed by atoms with Crippen LogP contribution in [0.1, 0.15) is 0 Å². The smallest absolute Gasteiger partial charge is 0.294 e. The number of anilines is 2. The lowest BCUT2D eigenvalue weighted by Gasteiger charge is -2.06. The fraction of sp³-hybridized carbons (Fsp3) is 0.250. The zero-order chi connectivity index (χ0) is 11.4. The highest BCUT2D eigenvalue weighted by Crippen LogP contribution is 2.33. The fourth-order valence-electron chi connectivity index (χ4n) is 1.05. The van der Waals surface area contributed by atoms with Crippen molar-refractivity contribution in [2.75, 3.05) is 23.8 Å². The molecule has 7 heteroatoms. The van der Waals surface area contributed by atoms with Crippen molar-refractivity contribution in [1.29, 1.82) is 0 Å². The standard InChI is InChI=1S/C8H12N4O2S/c9-1-2-15-8-4-5(10)7(12(13)14)3-6(8)11/h3-4H,1-2,9-11H2. The number of hydrogen-bond donors (Lipinski definition) is 3. The summed E-state index contributed by atoms with van der Waals surface area (Å²) in [6.07, 6.45) is 0. The molecule has 15 heavy (non-hydrogen) atoms. The SMILES string of the molecule is NCCSc1cc(N)c([N+](=O)[O-])cc1N. The molecule has 0 amide bonds. The summed E-state index contributed by atoms with van der Waals surface area (Å²) in [5.74, 6) is 0.696. The Balaban J connectivity index is 3.02. The predicted octanol–water partition coefficient (Wildman–Crippen LogP) is 0.810. The first-order valence-electron chi connectivity index (χ1n) is 4.22. The number of hydrogen-bond acceptors (Lipinski definition) is 6. The molecule has 0 unspecified atom stereocenters. The molecular formula is C8H12N4O2S. The summed E-state index contributed by atoms with van der Waals surface area (Å²) >= 11 is 1.43. The van der Waals surface area contributed by atoms with Crippen molar-refractivity contribution < 1.29 is 4.92 Å². The van der Waals surface area contributed by atoms with Crippen molar-refractivity contribution in [3.8, 4) is 0 Å². The van der Waals surface area contributed by atoms with E-state index in [2.05, 4.69) is 0 Å². The lowest BCUT2D eigenvalue weighted by atomic mass is 10.2. The Morgan fingerprint density at radius 2 is 2.00 bits per heavy atom. The Morgan fingerprint density at radius 3 is 2.53 bits per heavy atom. The number of thioether (sulfide) groups is 1. The Kier molecular flexibility index (Phi) is 3.75. The molecule has 0 radical (unpaired) electrons. The maximum absolute atomic E-state index is 10.5. The minimum atomic E-state index is -0.553. The lowest BCUT2D eigenvalue weighted by Crippen LogP contribution is -2.03. The first kappa shape index (κ1) is 11.6. The third kappa shape index (κ3) is 2.74. The minimum absolute atomic E-state index is 0.119.